The van der Waals surface area contributed by atoms with Gasteiger partial charge in [-0.1, -0.05) is 34.9 Å². The molecule has 0 unspecified atom stereocenters. The lowest BCUT2D eigenvalue weighted by Gasteiger charge is -2.09. The maximum atomic E-state index is 10.4. The van der Waals surface area contributed by atoms with E-state index in [2.05, 4.69) is 6.08 Å². The standard InChI is InChI=1S/C15H13Cl2NO2/c1-8-2-3-12-13(4-8)15(20)18(14(12)19)11-6-9(16)5-10(17)7-11/h2,5-7,19-20H,3-4H2,1H3. The van der Waals surface area contributed by atoms with Gasteiger partial charge in [0.2, 0.25) is 11.8 Å². The molecule has 20 heavy (non-hydrogen) atoms. The maximum Gasteiger partial charge on any atom is 0.202 e. The van der Waals surface area contributed by atoms with Crippen molar-refractivity contribution in [3.05, 3.63) is 51.0 Å². The van der Waals surface area contributed by atoms with E-state index >= 15 is 0 Å². The van der Waals surface area contributed by atoms with Gasteiger partial charge in [-0.2, -0.15) is 0 Å². The van der Waals surface area contributed by atoms with Crippen molar-refractivity contribution in [2.24, 2.45) is 0 Å². The minimum atomic E-state index is 0.0413. The Balaban J connectivity index is 2.21. The van der Waals surface area contributed by atoms with Crippen molar-refractivity contribution in [3.8, 4) is 17.4 Å². The predicted octanol–water partition coefficient (Wildman–Crippen LogP) is 4.24. The van der Waals surface area contributed by atoms with Gasteiger partial charge in [0, 0.05) is 21.2 Å². The molecule has 0 spiro atoms. The van der Waals surface area contributed by atoms with E-state index in [0.717, 1.165) is 11.1 Å². The smallest absolute Gasteiger partial charge is 0.202 e. The van der Waals surface area contributed by atoms with Gasteiger partial charge in [-0.3, -0.25) is 4.57 Å². The van der Waals surface area contributed by atoms with Crippen molar-refractivity contribution >= 4 is 23.2 Å². The molecule has 104 valence electrons. The molecule has 1 aromatic heterocycles. The molecule has 0 saturated carbocycles. The topological polar surface area (TPSA) is 45.4 Å². The lowest BCUT2D eigenvalue weighted by atomic mass is 9.96. The number of hydrogen-bond donors (Lipinski definition) is 2. The monoisotopic (exact) mass is 309 g/mol. The van der Waals surface area contributed by atoms with Crippen molar-refractivity contribution in [2.75, 3.05) is 0 Å². The molecule has 3 rings (SSSR count). The highest BCUT2D eigenvalue weighted by molar-refractivity contribution is 6.34. The first-order valence-corrected chi connectivity index (χ1v) is 6.99. The average molecular weight is 310 g/mol. The fourth-order valence-electron chi connectivity index (χ4n) is 2.58. The van der Waals surface area contributed by atoms with E-state index in [1.807, 2.05) is 6.92 Å². The SMILES string of the molecule is CC1=CCc2c(c(O)n(-c3cc(Cl)cc(Cl)c3)c2O)C1. The third-order valence-electron chi connectivity index (χ3n) is 3.54. The van der Waals surface area contributed by atoms with Gasteiger partial charge in [-0.25, -0.2) is 0 Å². The highest BCUT2D eigenvalue weighted by atomic mass is 35.5. The molecule has 1 heterocycles. The second-order valence-electron chi connectivity index (χ2n) is 5.00. The Bertz CT molecular complexity index is 712. The Hall–Kier alpha value is -1.58. The van der Waals surface area contributed by atoms with E-state index in [1.165, 1.54) is 10.1 Å². The van der Waals surface area contributed by atoms with Gasteiger partial charge in [0.25, 0.3) is 0 Å². The third-order valence-corrected chi connectivity index (χ3v) is 3.98. The molecule has 1 aromatic carbocycles. The number of halogens is 2. The van der Waals surface area contributed by atoms with Crippen LogP contribution in [-0.4, -0.2) is 14.8 Å². The van der Waals surface area contributed by atoms with Crippen LogP contribution in [0.25, 0.3) is 5.69 Å². The van der Waals surface area contributed by atoms with Crippen LogP contribution >= 0.6 is 23.2 Å². The first kappa shape index (κ1) is 13.4. The zero-order valence-electron chi connectivity index (χ0n) is 10.8. The molecule has 0 radical (unpaired) electrons. The summed E-state index contributed by atoms with van der Waals surface area (Å²) in [4.78, 5) is 0. The van der Waals surface area contributed by atoms with E-state index < -0.39 is 0 Å². The van der Waals surface area contributed by atoms with Crippen LogP contribution in [-0.2, 0) is 12.8 Å². The molecule has 0 amide bonds. The number of hydrogen-bond acceptors (Lipinski definition) is 2. The second kappa shape index (κ2) is 4.76. The van der Waals surface area contributed by atoms with Crippen LogP contribution in [0.3, 0.4) is 0 Å². The van der Waals surface area contributed by atoms with Crippen LogP contribution in [0.5, 0.6) is 11.8 Å². The van der Waals surface area contributed by atoms with E-state index in [4.69, 9.17) is 23.2 Å². The number of fused-ring (bicyclic) bond motifs is 1. The van der Waals surface area contributed by atoms with Crippen LogP contribution in [0.15, 0.2) is 29.8 Å². The molecule has 1 aliphatic carbocycles. The Morgan fingerprint density at radius 2 is 1.60 bits per heavy atom. The quantitative estimate of drug-likeness (QED) is 0.774. The molecule has 2 aromatic rings. The van der Waals surface area contributed by atoms with Gasteiger partial charge >= 0.3 is 0 Å². The van der Waals surface area contributed by atoms with Crippen molar-refractivity contribution in [3.63, 3.8) is 0 Å². The first-order valence-electron chi connectivity index (χ1n) is 6.24. The molecule has 0 aliphatic heterocycles. The summed E-state index contributed by atoms with van der Waals surface area (Å²) < 4.78 is 1.38. The Kier molecular flexibility index (Phi) is 3.19. The molecular formula is C15H13Cl2NO2. The van der Waals surface area contributed by atoms with E-state index in [-0.39, 0.29) is 11.8 Å². The average Bonchev–Trinajstić information content (AvgIpc) is 2.60. The molecule has 0 bridgehead atoms. The zero-order chi connectivity index (χ0) is 14.4. The Morgan fingerprint density at radius 3 is 2.25 bits per heavy atom. The van der Waals surface area contributed by atoms with Crippen LogP contribution in [0.4, 0.5) is 0 Å². The lowest BCUT2D eigenvalue weighted by Crippen LogP contribution is -1.97. The van der Waals surface area contributed by atoms with Gasteiger partial charge in [0.15, 0.2) is 0 Å². The summed E-state index contributed by atoms with van der Waals surface area (Å²) in [7, 11) is 0. The largest absolute Gasteiger partial charge is 0.494 e. The highest BCUT2D eigenvalue weighted by Gasteiger charge is 2.25. The summed E-state index contributed by atoms with van der Waals surface area (Å²) in [5, 5.41) is 21.7. The molecule has 0 fully saturated rings. The Morgan fingerprint density at radius 1 is 1.00 bits per heavy atom. The fourth-order valence-corrected chi connectivity index (χ4v) is 3.10. The number of aromatic hydroxyl groups is 2. The van der Waals surface area contributed by atoms with Gasteiger partial charge in [-0.15, -0.1) is 0 Å². The van der Waals surface area contributed by atoms with Gasteiger partial charge in [-0.05, 0) is 38.0 Å². The summed E-state index contributed by atoms with van der Waals surface area (Å²) in [6.07, 6.45) is 3.30. The summed E-state index contributed by atoms with van der Waals surface area (Å²) in [6.45, 7) is 2.01. The Labute approximate surface area is 126 Å². The zero-order valence-corrected chi connectivity index (χ0v) is 12.3. The minimum absolute atomic E-state index is 0.0413. The van der Waals surface area contributed by atoms with E-state index in [1.54, 1.807) is 18.2 Å². The molecule has 0 saturated heterocycles. The number of aromatic nitrogens is 1. The van der Waals surface area contributed by atoms with Crippen LogP contribution in [0, 0.1) is 0 Å². The number of benzene rings is 1. The van der Waals surface area contributed by atoms with Crippen molar-refractivity contribution in [1.29, 1.82) is 0 Å². The van der Waals surface area contributed by atoms with E-state index in [9.17, 15) is 10.2 Å². The lowest BCUT2D eigenvalue weighted by molar-refractivity contribution is 0.400. The summed E-state index contributed by atoms with van der Waals surface area (Å²) in [5.74, 6) is 0.0860. The van der Waals surface area contributed by atoms with Gasteiger partial charge < -0.3 is 10.2 Å². The highest BCUT2D eigenvalue weighted by Crippen LogP contribution is 2.41. The number of nitrogens with zero attached hydrogens (tertiary/aromatic N) is 1. The number of allylic oxidation sites excluding steroid dienone is 2. The van der Waals surface area contributed by atoms with Crippen molar-refractivity contribution in [1.82, 2.24) is 4.57 Å². The molecule has 0 atom stereocenters. The predicted molar refractivity (Wildman–Crippen MR) is 80.3 cm³/mol. The van der Waals surface area contributed by atoms with Crippen LogP contribution < -0.4 is 0 Å². The normalized spacial score (nSPS) is 14.1. The second-order valence-corrected chi connectivity index (χ2v) is 5.87. The van der Waals surface area contributed by atoms with Crippen molar-refractivity contribution < 1.29 is 10.2 Å². The molecule has 1 aliphatic rings. The fraction of sp³-hybridized carbons (Fsp3) is 0.200. The summed E-state index contributed by atoms with van der Waals surface area (Å²) >= 11 is 12.0. The molecular weight excluding hydrogens is 297 g/mol. The molecule has 3 nitrogen and oxygen atoms in total. The molecule has 2 N–H and O–H groups in total. The molecule has 5 heteroatoms. The minimum Gasteiger partial charge on any atom is -0.494 e. The van der Waals surface area contributed by atoms with Crippen LogP contribution in [0.2, 0.25) is 10.0 Å². The number of rotatable bonds is 1. The van der Waals surface area contributed by atoms with E-state index in [0.29, 0.717) is 28.6 Å². The summed E-state index contributed by atoms with van der Waals surface area (Å²) in [5.41, 5.74) is 3.24. The van der Waals surface area contributed by atoms with Crippen LogP contribution in [0.1, 0.15) is 18.1 Å². The first-order chi connectivity index (χ1) is 9.47. The maximum absolute atomic E-state index is 10.4. The van der Waals surface area contributed by atoms with Crippen molar-refractivity contribution in [2.45, 2.75) is 19.8 Å². The third kappa shape index (κ3) is 2.07. The van der Waals surface area contributed by atoms with Gasteiger partial charge in [0.1, 0.15) is 0 Å². The van der Waals surface area contributed by atoms with Gasteiger partial charge in [0.05, 0.1) is 5.69 Å². The summed E-state index contributed by atoms with van der Waals surface area (Å²) in [6, 6.07) is 4.91.